The zero-order valence-electron chi connectivity index (χ0n) is 24.0. The number of urea groups is 1. The van der Waals surface area contributed by atoms with Crippen molar-refractivity contribution in [1.29, 1.82) is 5.41 Å². The number of carboxylic acids is 1. The van der Waals surface area contributed by atoms with Crippen molar-refractivity contribution in [2.75, 3.05) is 20.8 Å². The van der Waals surface area contributed by atoms with Crippen LogP contribution in [0.2, 0.25) is 0 Å². The van der Waals surface area contributed by atoms with Crippen LogP contribution in [0.3, 0.4) is 0 Å². The van der Waals surface area contributed by atoms with Crippen LogP contribution in [-0.4, -0.2) is 65.3 Å². The van der Waals surface area contributed by atoms with Crippen LogP contribution in [0.4, 0.5) is 4.79 Å². The minimum Gasteiger partial charge on any atom is -0.497 e. The number of amides is 4. The highest BCUT2D eigenvalue weighted by Crippen LogP contribution is 2.38. The first-order valence-corrected chi connectivity index (χ1v) is 13.3. The van der Waals surface area contributed by atoms with E-state index in [1.54, 1.807) is 49.4 Å². The largest absolute Gasteiger partial charge is 0.497 e. The average Bonchev–Trinajstić information content (AvgIpc) is 3.17. The minimum atomic E-state index is -1.48. The SMILES string of the molecule is COc1cc(OC)cc(C(CC(=O)O)NC(=O)CN2C(=O)N(Cc3ccccc3)C(C)(c3ccc(C(=N)N)cc3)C2=O)c1. The van der Waals surface area contributed by atoms with Crippen LogP contribution in [0.5, 0.6) is 11.5 Å². The molecular formula is C31H33N5O7. The zero-order chi connectivity index (χ0) is 31.3. The quantitative estimate of drug-likeness (QED) is 0.142. The van der Waals surface area contributed by atoms with E-state index in [-0.39, 0.29) is 12.4 Å². The number of nitrogens with one attached hydrogen (secondary N) is 2. The Morgan fingerprint density at radius 3 is 2.14 bits per heavy atom. The Kier molecular flexibility index (Phi) is 8.98. The van der Waals surface area contributed by atoms with Crippen LogP contribution < -0.4 is 20.5 Å². The number of rotatable bonds is 12. The number of methoxy groups -OCH3 is 2. The van der Waals surface area contributed by atoms with Gasteiger partial charge in [-0.3, -0.25) is 24.7 Å². The number of hydrogen-bond acceptors (Lipinski definition) is 7. The van der Waals surface area contributed by atoms with Crippen molar-refractivity contribution in [3.63, 3.8) is 0 Å². The third kappa shape index (κ3) is 6.43. The van der Waals surface area contributed by atoms with Gasteiger partial charge >= 0.3 is 12.0 Å². The van der Waals surface area contributed by atoms with Crippen LogP contribution in [-0.2, 0) is 26.5 Å². The Morgan fingerprint density at radius 2 is 1.60 bits per heavy atom. The molecule has 4 rings (SSSR count). The third-order valence-corrected chi connectivity index (χ3v) is 7.40. The van der Waals surface area contributed by atoms with Gasteiger partial charge in [0.15, 0.2) is 0 Å². The van der Waals surface area contributed by atoms with E-state index in [4.69, 9.17) is 20.6 Å². The standard InChI is InChI=1S/C31H33N5O7/c1-31(22-11-9-20(10-12-22)28(32)33)29(40)35(30(41)36(31)17-19-7-5-4-6-8-19)18-26(37)34-25(16-27(38)39)21-13-23(42-2)15-24(14-21)43-3/h4-15,25H,16-18H2,1-3H3,(H3,32,33)(H,34,37)(H,38,39). The van der Waals surface area contributed by atoms with Gasteiger partial charge < -0.3 is 30.5 Å². The average molecular weight is 588 g/mol. The first kappa shape index (κ1) is 30.6. The predicted octanol–water partition coefficient (Wildman–Crippen LogP) is 3.00. The van der Waals surface area contributed by atoms with Gasteiger partial charge in [-0.25, -0.2) is 4.79 Å². The molecule has 12 heteroatoms. The number of ether oxygens (including phenoxy) is 2. The van der Waals surface area contributed by atoms with Crippen molar-refractivity contribution in [2.45, 2.75) is 31.5 Å². The molecule has 0 spiro atoms. The van der Waals surface area contributed by atoms with Gasteiger partial charge in [-0.2, -0.15) is 0 Å². The van der Waals surface area contributed by atoms with Crippen molar-refractivity contribution >= 4 is 29.7 Å². The summed E-state index contributed by atoms with van der Waals surface area (Å²) in [7, 11) is 2.89. The van der Waals surface area contributed by atoms with Gasteiger partial charge in [-0.05, 0) is 35.7 Å². The van der Waals surface area contributed by atoms with E-state index in [2.05, 4.69) is 5.32 Å². The summed E-state index contributed by atoms with van der Waals surface area (Å²) < 4.78 is 10.6. The lowest BCUT2D eigenvalue weighted by Gasteiger charge is -2.32. The zero-order valence-corrected chi connectivity index (χ0v) is 24.0. The molecule has 1 heterocycles. The Morgan fingerprint density at radius 1 is 1.00 bits per heavy atom. The molecule has 2 atom stereocenters. The smallest absolute Gasteiger partial charge is 0.328 e. The fourth-order valence-electron chi connectivity index (χ4n) is 5.03. The van der Waals surface area contributed by atoms with Gasteiger partial charge in [0.2, 0.25) is 5.91 Å². The Hall–Kier alpha value is -5.39. The molecule has 1 aliphatic rings. The van der Waals surface area contributed by atoms with E-state index in [9.17, 15) is 24.3 Å². The number of nitrogens with zero attached hydrogens (tertiary/aromatic N) is 2. The predicted molar refractivity (Wildman–Crippen MR) is 157 cm³/mol. The molecule has 0 bridgehead atoms. The number of amidine groups is 1. The second kappa shape index (κ2) is 12.6. The van der Waals surface area contributed by atoms with Crippen molar-refractivity contribution in [3.05, 3.63) is 95.1 Å². The van der Waals surface area contributed by atoms with Crippen molar-refractivity contribution in [3.8, 4) is 11.5 Å². The fourth-order valence-corrected chi connectivity index (χ4v) is 5.03. The molecule has 0 saturated carbocycles. The maximum Gasteiger partial charge on any atom is 0.328 e. The monoisotopic (exact) mass is 587 g/mol. The van der Waals surface area contributed by atoms with Gasteiger partial charge in [0.05, 0.1) is 26.7 Å². The van der Waals surface area contributed by atoms with Crippen molar-refractivity contribution in [1.82, 2.24) is 15.1 Å². The Balaban J connectivity index is 1.65. The number of carbonyl (C=O) groups is 4. The first-order valence-electron chi connectivity index (χ1n) is 13.3. The molecule has 224 valence electrons. The summed E-state index contributed by atoms with van der Waals surface area (Å²) in [6, 6.07) is 18.6. The first-order chi connectivity index (χ1) is 20.5. The lowest BCUT2D eigenvalue weighted by Crippen LogP contribution is -2.44. The van der Waals surface area contributed by atoms with Gasteiger partial charge in [0.1, 0.15) is 29.4 Å². The maximum absolute atomic E-state index is 14.0. The molecule has 4 amide bonds. The molecule has 43 heavy (non-hydrogen) atoms. The normalized spacial score (nSPS) is 17.0. The number of aliphatic carboxylic acids is 1. The van der Waals surface area contributed by atoms with E-state index < -0.39 is 48.4 Å². The van der Waals surface area contributed by atoms with Crippen LogP contribution in [0, 0.1) is 5.41 Å². The molecule has 3 aromatic carbocycles. The fraction of sp³-hybridized carbons (Fsp3) is 0.258. The highest BCUT2D eigenvalue weighted by atomic mass is 16.5. The molecule has 0 aliphatic carbocycles. The topological polar surface area (TPSA) is 175 Å². The van der Waals surface area contributed by atoms with Gasteiger partial charge in [0.25, 0.3) is 5.91 Å². The van der Waals surface area contributed by atoms with Gasteiger partial charge in [-0.1, -0.05) is 54.6 Å². The number of benzene rings is 3. The number of carbonyl (C=O) groups excluding carboxylic acids is 3. The van der Waals surface area contributed by atoms with Crippen molar-refractivity contribution in [2.24, 2.45) is 5.73 Å². The number of nitrogen functional groups attached to an aromatic ring is 1. The molecule has 3 aromatic rings. The van der Waals surface area contributed by atoms with Crippen LogP contribution >= 0.6 is 0 Å². The number of hydrogen-bond donors (Lipinski definition) is 4. The summed E-state index contributed by atoms with van der Waals surface area (Å²) in [6.07, 6.45) is -0.468. The summed E-state index contributed by atoms with van der Waals surface area (Å²) in [4.78, 5) is 55.0. The van der Waals surface area contributed by atoms with E-state index in [1.165, 1.54) is 19.1 Å². The summed E-state index contributed by atoms with van der Waals surface area (Å²) >= 11 is 0. The van der Waals surface area contributed by atoms with Crippen molar-refractivity contribution < 1.29 is 33.8 Å². The van der Waals surface area contributed by atoms with E-state index >= 15 is 0 Å². The Labute approximate surface area is 248 Å². The van der Waals surface area contributed by atoms with Gasteiger partial charge in [0, 0.05) is 18.2 Å². The molecule has 1 aliphatic heterocycles. The van der Waals surface area contributed by atoms with Crippen LogP contribution in [0.25, 0.3) is 0 Å². The van der Waals surface area contributed by atoms with E-state index in [1.807, 2.05) is 30.3 Å². The van der Waals surface area contributed by atoms with E-state index in [0.29, 0.717) is 28.2 Å². The molecule has 0 radical (unpaired) electrons. The third-order valence-electron chi connectivity index (χ3n) is 7.40. The maximum atomic E-state index is 14.0. The number of nitrogens with two attached hydrogens (primary N) is 1. The second-order valence-electron chi connectivity index (χ2n) is 10.2. The highest BCUT2D eigenvalue weighted by molar-refractivity contribution is 6.09. The molecule has 1 fully saturated rings. The summed E-state index contributed by atoms with van der Waals surface area (Å²) in [5.41, 5.74) is 6.22. The van der Waals surface area contributed by atoms with Gasteiger partial charge in [-0.15, -0.1) is 0 Å². The number of carboxylic acid groups (broad SMARTS) is 1. The highest BCUT2D eigenvalue weighted by Gasteiger charge is 2.55. The lowest BCUT2D eigenvalue weighted by molar-refractivity contribution is -0.139. The summed E-state index contributed by atoms with van der Waals surface area (Å²) in [5, 5.41) is 19.9. The second-order valence-corrected chi connectivity index (χ2v) is 10.2. The molecule has 1 saturated heterocycles. The lowest BCUT2D eigenvalue weighted by atomic mass is 9.89. The molecule has 12 nitrogen and oxygen atoms in total. The van der Waals surface area contributed by atoms with Crippen LogP contribution in [0.15, 0.2) is 72.8 Å². The Bertz CT molecular complexity index is 1520. The summed E-state index contributed by atoms with van der Waals surface area (Å²) in [5.74, 6) is -1.88. The molecule has 2 unspecified atom stereocenters. The summed E-state index contributed by atoms with van der Waals surface area (Å²) in [6.45, 7) is 1.05. The minimum absolute atomic E-state index is 0.0831. The molecule has 5 N–H and O–H groups in total. The van der Waals surface area contributed by atoms with Crippen LogP contribution in [0.1, 0.15) is 41.6 Å². The number of imide groups is 1. The molecular weight excluding hydrogens is 554 g/mol. The van der Waals surface area contributed by atoms with E-state index in [0.717, 1.165) is 10.5 Å². The molecule has 0 aromatic heterocycles.